The minimum atomic E-state index is 0.583. The van der Waals surface area contributed by atoms with Crippen LogP contribution in [0.15, 0.2) is 18.0 Å². The van der Waals surface area contributed by atoms with Crippen LogP contribution in [0.5, 0.6) is 0 Å². The first-order valence-electron chi connectivity index (χ1n) is 4.96. The van der Waals surface area contributed by atoms with Crippen molar-refractivity contribution in [2.45, 2.75) is 27.3 Å². The molecule has 0 aliphatic rings. The molecule has 0 unspecified atom stereocenters. The molecule has 2 nitrogen and oxygen atoms in total. The van der Waals surface area contributed by atoms with Crippen molar-refractivity contribution in [1.29, 1.82) is 0 Å². The Balaban J connectivity index is 2.83. The van der Waals surface area contributed by atoms with Gasteiger partial charge in [-0.1, -0.05) is 41.4 Å². The summed E-state index contributed by atoms with van der Waals surface area (Å²) < 4.78 is 1.94. The summed E-state index contributed by atoms with van der Waals surface area (Å²) in [5, 5.41) is 5.17. The molecule has 0 spiro atoms. The smallest absolute Gasteiger partial charge is 0.0562 e. The Kier molecular flexibility index (Phi) is 4.39. The number of hydrogen-bond acceptors (Lipinski definition) is 1. The van der Waals surface area contributed by atoms with Crippen molar-refractivity contribution in [2.75, 3.05) is 5.33 Å². The number of hydrogen-bond donors (Lipinski definition) is 0. The molecule has 0 N–H and O–H groups in total. The molecular formula is C11H17BrN2. The van der Waals surface area contributed by atoms with Gasteiger partial charge in [0.15, 0.2) is 0 Å². The van der Waals surface area contributed by atoms with Crippen LogP contribution in [0.1, 0.15) is 26.3 Å². The lowest BCUT2D eigenvalue weighted by Crippen LogP contribution is -1.94. The van der Waals surface area contributed by atoms with E-state index in [9.17, 15) is 0 Å². The summed E-state index contributed by atoms with van der Waals surface area (Å²) in [6.45, 7) is 7.43. The molecule has 1 aromatic heterocycles. The predicted octanol–water partition coefficient (Wildman–Crippen LogP) is 3.34. The molecule has 0 aliphatic heterocycles. The lowest BCUT2D eigenvalue weighted by molar-refractivity contribution is 0.660. The molecule has 1 rings (SSSR count). The monoisotopic (exact) mass is 256 g/mol. The molecule has 1 heterocycles. The van der Waals surface area contributed by atoms with E-state index in [4.69, 9.17) is 0 Å². The van der Waals surface area contributed by atoms with Crippen LogP contribution < -0.4 is 0 Å². The van der Waals surface area contributed by atoms with Gasteiger partial charge in [0, 0.05) is 23.6 Å². The zero-order valence-corrected chi connectivity index (χ0v) is 10.6. The Morgan fingerprint density at radius 3 is 2.79 bits per heavy atom. The highest BCUT2D eigenvalue weighted by Crippen LogP contribution is 2.16. The summed E-state index contributed by atoms with van der Waals surface area (Å²) in [4.78, 5) is 0. The number of nitrogens with zero attached hydrogens (tertiary/aromatic N) is 2. The first-order chi connectivity index (χ1) is 6.67. The summed E-state index contributed by atoms with van der Waals surface area (Å²) in [6, 6.07) is 0. The van der Waals surface area contributed by atoms with Gasteiger partial charge in [0.25, 0.3) is 0 Å². The second-order valence-electron chi connectivity index (χ2n) is 3.64. The fraction of sp³-hybridized carbons (Fsp3) is 0.545. The molecule has 0 aromatic carbocycles. The lowest BCUT2D eigenvalue weighted by atomic mass is 10.0. The van der Waals surface area contributed by atoms with E-state index in [2.05, 4.69) is 54.1 Å². The molecule has 14 heavy (non-hydrogen) atoms. The van der Waals surface area contributed by atoms with Gasteiger partial charge < -0.3 is 0 Å². The summed E-state index contributed by atoms with van der Waals surface area (Å²) in [5.74, 6) is 0.583. The van der Waals surface area contributed by atoms with E-state index in [1.165, 1.54) is 11.1 Å². The maximum Gasteiger partial charge on any atom is 0.0562 e. The number of aromatic nitrogens is 2. The van der Waals surface area contributed by atoms with Gasteiger partial charge in [0.05, 0.1) is 6.20 Å². The van der Waals surface area contributed by atoms with Gasteiger partial charge in [0.1, 0.15) is 0 Å². The van der Waals surface area contributed by atoms with Crippen LogP contribution in [0, 0.1) is 5.92 Å². The fourth-order valence-corrected chi connectivity index (χ4v) is 2.01. The number of rotatable bonds is 4. The molecule has 0 bridgehead atoms. The van der Waals surface area contributed by atoms with Crippen LogP contribution in [0.25, 0.3) is 6.08 Å². The molecule has 0 fully saturated rings. The van der Waals surface area contributed by atoms with Gasteiger partial charge in [-0.05, 0) is 12.8 Å². The molecule has 0 saturated carbocycles. The maximum atomic E-state index is 4.24. The van der Waals surface area contributed by atoms with E-state index in [1.807, 2.05) is 10.9 Å². The third kappa shape index (κ3) is 2.98. The first-order valence-corrected chi connectivity index (χ1v) is 6.08. The quantitative estimate of drug-likeness (QED) is 0.756. The Morgan fingerprint density at radius 2 is 2.36 bits per heavy atom. The van der Waals surface area contributed by atoms with Crippen molar-refractivity contribution in [3.8, 4) is 0 Å². The summed E-state index contributed by atoms with van der Waals surface area (Å²) >= 11 is 3.50. The molecule has 0 atom stereocenters. The molecule has 0 aliphatic carbocycles. The minimum Gasteiger partial charge on any atom is -0.272 e. The molecule has 0 saturated heterocycles. The second-order valence-corrected chi connectivity index (χ2v) is 4.20. The third-order valence-electron chi connectivity index (χ3n) is 2.23. The molecule has 0 amide bonds. The van der Waals surface area contributed by atoms with Crippen LogP contribution in [-0.4, -0.2) is 15.1 Å². The van der Waals surface area contributed by atoms with E-state index in [-0.39, 0.29) is 0 Å². The van der Waals surface area contributed by atoms with Gasteiger partial charge in [-0.15, -0.1) is 0 Å². The summed E-state index contributed by atoms with van der Waals surface area (Å²) in [6.07, 6.45) is 6.19. The van der Waals surface area contributed by atoms with E-state index >= 15 is 0 Å². The number of halogens is 1. The van der Waals surface area contributed by atoms with Gasteiger partial charge in [0.2, 0.25) is 0 Å². The van der Waals surface area contributed by atoms with Crippen LogP contribution in [0.4, 0.5) is 0 Å². The number of alkyl halides is 1. The topological polar surface area (TPSA) is 17.8 Å². The fourth-order valence-electron chi connectivity index (χ4n) is 1.20. The van der Waals surface area contributed by atoms with Crippen LogP contribution in [0.2, 0.25) is 0 Å². The normalized spacial score (nSPS) is 12.5. The summed E-state index contributed by atoms with van der Waals surface area (Å²) in [5.41, 5.74) is 2.59. The zero-order valence-electron chi connectivity index (χ0n) is 9.00. The minimum absolute atomic E-state index is 0.583. The van der Waals surface area contributed by atoms with Crippen molar-refractivity contribution in [3.05, 3.63) is 23.5 Å². The van der Waals surface area contributed by atoms with Crippen molar-refractivity contribution < 1.29 is 0 Å². The van der Waals surface area contributed by atoms with Crippen molar-refractivity contribution in [2.24, 2.45) is 5.92 Å². The highest BCUT2D eigenvalue weighted by Gasteiger charge is 2.02. The van der Waals surface area contributed by atoms with Crippen LogP contribution >= 0.6 is 15.9 Å². The Hall–Kier alpha value is -0.570. The number of aryl methyl sites for hydroxylation is 1. The highest BCUT2D eigenvalue weighted by molar-refractivity contribution is 9.09. The summed E-state index contributed by atoms with van der Waals surface area (Å²) in [7, 11) is 0. The maximum absolute atomic E-state index is 4.24. The van der Waals surface area contributed by atoms with Gasteiger partial charge in [-0.25, -0.2) is 0 Å². The number of allylic oxidation sites excluding steroid dienone is 1. The van der Waals surface area contributed by atoms with Crippen molar-refractivity contribution in [1.82, 2.24) is 9.78 Å². The SMILES string of the molecule is CCn1cc(/C=C(/CBr)C(C)C)cn1. The molecule has 78 valence electrons. The molecule has 0 radical (unpaired) electrons. The molecular weight excluding hydrogens is 240 g/mol. The van der Waals surface area contributed by atoms with E-state index in [0.29, 0.717) is 5.92 Å². The average molecular weight is 257 g/mol. The Morgan fingerprint density at radius 1 is 1.64 bits per heavy atom. The predicted molar refractivity (Wildman–Crippen MR) is 64.5 cm³/mol. The van der Waals surface area contributed by atoms with E-state index in [1.54, 1.807) is 0 Å². The van der Waals surface area contributed by atoms with E-state index < -0.39 is 0 Å². The van der Waals surface area contributed by atoms with Gasteiger partial charge in [-0.3, -0.25) is 4.68 Å². The standard InChI is InChI=1S/C11H17BrN2/c1-4-14-8-10(7-13-14)5-11(6-12)9(2)3/h5,7-9H,4,6H2,1-3H3/b11-5-. The molecule has 3 heteroatoms. The first kappa shape index (κ1) is 11.5. The Labute approximate surface area is 94.1 Å². The van der Waals surface area contributed by atoms with Crippen molar-refractivity contribution >= 4 is 22.0 Å². The van der Waals surface area contributed by atoms with Gasteiger partial charge >= 0.3 is 0 Å². The van der Waals surface area contributed by atoms with Crippen LogP contribution in [0.3, 0.4) is 0 Å². The zero-order chi connectivity index (χ0) is 10.6. The molecule has 1 aromatic rings. The lowest BCUT2D eigenvalue weighted by Gasteiger charge is -2.06. The van der Waals surface area contributed by atoms with Crippen LogP contribution in [-0.2, 0) is 6.54 Å². The largest absolute Gasteiger partial charge is 0.272 e. The third-order valence-corrected chi connectivity index (χ3v) is 2.87. The Bertz CT molecular complexity index is 313. The van der Waals surface area contributed by atoms with Gasteiger partial charge in [-0.2, -0.15) is 5.10 Å². The van der Waals surface area contributed by atoms with E-state index in [0.717, 1.165) is 11.9 Å². The highest BCUT2D eigenvalue weighted by atomic mass is 79.9. The second kappa shape index (κ2) is 5.35. The average Bonchev–Trinajstić information content (AvgIpc) is 2.61. The van der Waals surface area contributed by atoms with Crippen molar-refractivity contribution in [3.63, 3.8) is 0 Å².